The Morgan fingerprint density at radius 1 is 0.929 bits per heavy atom. The van der Waals surface area contributed by atoms with Gasteiger partial charge in [0, 0.05) is 44.5 Å². The molecule has 4 rings (SSSR count). The van der Waals surface area contributed by atoms with E-state index in [4.69, 9.17) is 23.2 Å². The maximum Gasteiger partial charge on any atom is 0.217 e. The number of nitrogens with zero attached hydrogens (tertiary/aromatic N) is 3. The third-order valence-corrected chi connectivity index (χ3v) is 9.05. The van der Waals surface area contributed by atoms with Crippen molar-refractivity contribution in [2.45, 2.75) is 30.9 Å². The fourth-order valence-electron chi connectivity index (χ4n) is 4.72. The van der Waals surface area contributed by atoms with Crippen molar-refractivity contribution >= 4 is 38.9 Å². The van der Waals surface area contributed by atoms with Crippen LogP contribution in [-0.4, -0.2) is 49.1 Å². The topological polar surface area (TPSA) is 53.5 Å². The first-order chi connectivity index (χ1) is 13.5. The molecule has 28 heavy (non-hydrogen) atoms. The Hall–Kier alpha value is -1.08. The number of hydrogen-bond acceptors (Lipinski definition) is 4. The van der Waals surface area contributed by atoms with Crippen LogP contribution >= 0.6 is 23.2 Å². The Kier molecular flexibility index (Phi) is 6.02. The molecule has 8 heteroatoms. The Bertz CT molecular complexity index is 867. The van der Waals surface area contributed by atoms with Crippen LogP contribution in [0.3, 0.4) is 0 Å². The molecule has 5 nitrogen and oxygen atoms in total. The normalized spacial score (nSPS) is 28.8. The smallest absolute Gasteiger partial charge is 0.217 e. The first-order valence-electron chi connectivity index (χ1n) is 9.86. The lowest BCUT2D eigenvalue weighted by atomic mass is 9.77. The SMILES string of the molecule is O=S(=O)(C1CCC[C@@H]2C=CC=CC12)N1CCCN(c2c(Cl)cncc2Cl)CC1. The Morgan fingerprint density at radius 2 is 1.68 bits per heavy atom. The van der Waals surface area contributed by atoms with E-state index in [2.05, 4.69) is 22.0 Å². The number of rotatable bonds is 3. The highest BCUT2D eigenvalue weighted by atomic mass is 35.5. The zero-order valence-corrected chi connectivity index (χ0v) is 18.0. The summed E-state index contributed by atoms with van der Waals surface area (Å²) in [6.07, 6.45) is 15.0. The van der Waals surface area contributed by atoms with Crippen molar-refractivity contribution in [2.24, 2.45) is 11.8 Å². The van der Waals surface area contributed by atoms with Crippen LogP contribution in [0.15, 0.2) is 36.7 Å². The lowest BCUT2D eigenvalue weighted by Gasteiger charge is -2.38. The molecule has 0 aromatic carbocycles. The van der Waals surface area contributed by atoms with Gasteiger partial charge < -0.3 is 4.90 Å². The van der Waals surface area contributed by atoms with Crippen LogP contribution in [0.5, 0.6) is 0 Å². The van der Waals surface area contributed by atoms with Gasteiger partial charge in [-0.3, -0.25) is 4.98 Å². The Labute approximate surface area is 177 Å². The van der Waals surface area contributed by atoms with Gasteiger partial charge in [0.05, 0.1) is 21.0 Å². The lowest BCUT2D eigenvalue weighted by Crippen LogP contribution is -2.46. The van der Waals surface area contributed by atoms with E-state index in [-0.39, 0.29) is 11.2 Å². The second-order valence-corrected chi connectivity index (χ2v) is 10.7. The average molecular weight is 442 g/mol. The molecule has 1 aliphatic heterocycles. The maximum atomic E-state index is 13.5. The summed E-state index contributed by atoms with van der Waals surface area (Å²) in [7, 11) is -3.36. The zero-order chi connectivity index (χ0) is 19.7. The summed E-state index contributed by atoms with van der Waals surface area (Å²) in [5, 5.41) is 0.670. The fourth-order valence-corrected chi connectivity index (χ4v) is 7.58. The summed E-state index contributed by atoms with van der Waals surface area (Å²) in [5.74, 6) is 0.434. The van der Waals surface area contributed by atoms with Gasteiger partial charge in [-0.2, -0.15) is 4.31 Å². The maximum absolute atomic E-state index is 13.5. The fraction of sp³-hybridized carbons (Fsp3) is 0.550. The first kappa shape index (κ1) is 20.2. The van der Waals surface area contributed by atoms with E-state index in [0.29, 0.717) is 35.6 Å². The van der Waals surface area contributed by atoms with E-state index in [9.17, 15) is 8.42 Å². The number of hydrogen-bond donors (Lipinski definition) is 0. The van der Waals surface area contributed by atoms with Gasteiger partial charge in [-0.05, 0) is 25.2 Å². The highest BCUT2D eigenvalue weighted by molar-refractivity contribution is 7.89. The van der Waals surface area contributed by atoms with Gasteiger partial charge in [0.2, 0.25) is 10.0 Å². The van der Waals surface area contributed by atoms with E-state index in [1.54, 1.807) is 16.7 Å². The standard InChI is InChI=1S/C20H25Cl2N3O2S/c21-17-13-23-14-18(22)20(17)24-9-4-10-25(12-11-24)28(26,27)19-8-3-6-15-5-1-2-7-16(15)19/h1-2,5,7,13-16,19H,3-4,6,8-12H2/t15-,16?,19?/m0/s1. The minimum Gasteiger partial charge on any atom is -0.368 e. The summed E-state index contributed by atoms with van der Waals surface area (Å²) in [6, 6.07) is 0. The van der Waals surface area contributed by atoms with Crippen molar-refractivity contribution in [3.63, 3.8) is 0 Å². The molecule has 152 valence electrons. The molecule has 1 saturated heterocycles. The van der Waals surface area contributed by atoms with E-state index < -0.39 is 10.0 Å². The molecule has 0 N–H and O–H groups in total. The molecule has 2 unspecified atom stereocenters. The Morgan fingerprint density at radius 3 is 2.46 bits per heavy atom. The molecular weight excluding hydrogens is 417 g/mol. The summed E-state index contributed by atoms with van der Waals surface area (Å²) in [6.45, 7) is 2.27. The number of anilines is 1. The van der Waals surface area contributed by atoms with Crippen molar-refractivity contribution in [1.82, 2.24) is 9.29 Å². The number of allylic oxidation sites excluding steroid dienone is 4. The second-order valence-electron chi connectivity index (χ2n) is 7.72. The Balaban J connectivity index is 1.52. The number of halogens is 2. The van der Waals surface area contributed by atoms with Gasteiger partial charge >= 0.3 is 0 Å². The molecule has 0 bridgehead atoms. The van der Waals surface area contributed by atoms with Crippen LogP contribution in [0, 0.1) is 11.8 Å². The molecule has 2 fully saturated rings. The van der Waals surface area contributed by atoms with Crippen molar-refractivity contribution in [1.29, 1.82) is 0 Å². The monoisotopic (exact) mass is 441 g/mol. The lowest BCUT2D eigenvalue weighted by molar-refractivity contribution is 0.317. The molecule has 0 amide bonds. The van der Waals surface area contributed by atoms with Crippen LogP contribution in [0.4, 0.5) is 5.69 Å². The summed E-state index contributed by atoms with van der Waals surface area (Å²) >= 11 is 12.6. The quantitative estimate of drug-likeness (QED) is 0.706. The van der Waals surface area contributed by atoms with E-state index in [1.807, 2.05) is 12.2 Å². The minimum absolute atomic E-state index is 0.0900. The third-order valence-electron chi connectivity index (χ3n) is 6.09. The first-order valence-corrected chi connectivity index (χ1v) is 12.1. The van der Waals surface area contributed by atoms with Crippen LogP contribution in [0.2, 0.25) is 10.0 Å². The van der Waals surface area contributed by atoms with Crippen molar-refractivity contribution in [3.8, 4) is 0 Å². The molecule has 1 aromatic rings. The van der Waals surface area contributed by atoms with Crippen molar-refractivity contribution in [3.05, 3.63) is 46.7 Å². The van der Waals surface area contributed by atoms with Crippen LogP contribution < -0.4 is 4.90 Å². The third kappa shape index (κ3) is 3.84. The molecule has 2 heterocycles. The predicted molar refractivity (Wildman–Crippen MR) is 114 cm³/mol. The van der Waals surface area contributed by atoms with Gasteiger partial charge in [0.1, 0.15) is 0 Å². The van der Waals surface area contributed by atoms with Gasteiger partial charge in [0.25, 0.3) is 0 Å². The highest BCUT2D eigenvalue weighted by Gasteiger charge is 2.42. The van der Waals surface area contributed by atoms with Gasteiger partial charge in [0.15, 0.2) is 0 Å². The summed E-state index contributed by atoms with van der Waals surface area (Å²) in [5.41, 5.74) is 0.746. The van der Waals surface area contributed by atoms with Crippen molar-refractivity contribution < 1.29 is 8.42 Å². The largest absolute Gasteiger partial charge is 0.368 e. The number of fused-ring (bicyclic) bond motifs is 1. The van der Waals surface area contributed by atoms with Crippen LogP contribution in [0.1, 0.15) is 25.7 Å². The molecule has 1 aromatic heterocycles. The second kappa shape index (κ2) is 8.34. The number of sulfonamides is 1. The predicted octanol–water partition coefficient (Wildman–Crippen LogP) is 4.14. The van der Waals surface area contributed by atoms with Gasteiger partial charge in [-0.25, -0.2) is 8.42 Å². The number of aromatic nitrogens is 1. The molecule has 3 aliphatic rings. The molecule has 2 aliphatic carbocycles. The van der Waals surface area contributed by atoms with Crippen molar-refractivity contribution in [2.75, 3.05) is 31.1 Å². The van der Waals surface area contributed by atoms with Gasteiger partial charge in [-0.15, -0.1) is 0 Å². The number of pyridine rings is 1. The molecule has 3 atom stereocenters. The molecule has 1 saturated carbocycles. The van der Waals surface area contributed by atoms with Gasteiger partial charge in [-0.1, -0.05) is 53.9 Å². The molecular formula is C20H25Cl2N3O2S. The van der Waals surface area contributed by atoms with E-state index in [0.717, 1.165) is 37.9 Å². The molecule has 0 spiro atoms. The average Bonchev–Trinajstić information content (AvgIpc) is 2.94. The van der Waals surface area contributed by atoms with Crippen LogP contribution in [-0.2, 0) is 10.0 Å². The van der Waals surface area contributed by atoms with E-state index >= 15 is 0 Å². The zero-order valence-electron chi connectivity index (χ0n) is 15.7. The van der Waals surface area contributed by atoms with Crippen LogP contribution in [0.25, 0.3) is 0 Å². The molecule has 0 radical (unpaired) electrons. The summed E-state index contributed by atoms with van der Waals surface area (Å²) in [4.78, 5) is 6.09. The minimum atomic E-state index is -3.36. The van der Waals surface area contributed by atoms with E-state index in [1.165, 1.54) is 0 Å². The summed E-state index contributed by atoms with van der Waals surface area (Å²) < 4.78 is 28.7. The highest BCUT2D eigenvalue weighted by Crippen LogP contribution is 2.39.